The Kier molecular flexibility index (Phi) is 5.94. The fraction of sp³-hybridized carbons (Fsp3) is 0.476. The largest absolute Gasteiger partial charge is 0.335 e. The quantitative estimate of drug-likeness (QED) is 0.815. The van der Waals surface area contributed by atoms with Gasteiger partial charge in [-0.3, -0.25) is 14.3 Å². The molecule has 0 spiro atoms. The summed E-state index contributed by atoms with van der Waals surface area (Å²) in [7, 11) is 0. The summed E-state index contributed by atoms with van der Waals surface area (Å²) in [5.41, 5.74) is 2.56. The molecule has 1 atom stereocenters. The van der Waals surface area contributed by atoms with Crippen LogP contribution in [0, 0.1) is 6.92 Å². The van der Waals surface area contributed by atoms with E-state index in [4.69, 9.17) is 0 Å². The van der Waals surface area contributed by atoms with Crippen molar-refractivity contribution >= 4 is 11.8 Å². The van der Waals surface area contributed by atoms with Gasteiger partial charge in [0.2, 0.25) is 5.91 Å². The molecule has 2 amide bonds. The Bertz CT molecular complexity index is 800. The van der Waals surface area contributed by atoms with Crippen molar-refractivity contribution < 1.29 is 9.59 Å². The number of aromatic nitrogens is 2. The van der Waals surface area contributed by atoms with Crippen LogP contribution >= 0.6 is 0 Å². The first-order valence-electron chi connectivity index (χ1n) is 9.70. The van der Waals surface area contributed by atoms with E-state index in [9.17, 15) is 9.59 Å². The van der Waals surface area contributed by atoms with Gasteiger partial charge in [-0.2, -0.15) is 5.10 Å². The van der Waals surface area contributed by atoms with Crippen LogP contribution in [-0.2, 0) is 17.9 Å². The van der Waals surface area contributed by atoms with E-state index in [1.54, 1.807) is 4.68 Å². The van der Waals surface area contributed by atoms with Crippen LogP contribution in [0.1, 0.15) is 48.4 Å². The number of nitrogens with zero attached hydrogens (tertiary/aromatic N) is 4. The number of aryl methyl sites for hydroxylation is 2. The zero-order valence-electron chi connectivity index (χ0n) is 16.4. The minimum Gasteiger partial charge on any atom is -0.335 e. The molecule has 0 saturated carbocycles. The van der Waals surface area contributed by atoms with Crippen LogP contribution in [-0.4, -0.2) is 50.5 Å². The second kappa shape index (κ2) is 8.37. The van der Waals surface area contributed by atoms with Gasteiger partial charge in [-0.1, -0.05) is 37.3 Å². The predicted octanol–water partition coefficient (Wildman–Crippen LogP) is 2.86. The summed E-state index contributed by atoms with van der Waals surface area (Å²) in [4.78, 5) is 29.7. The third kappa shape index (κ3) is 4.21. The van der Waals surface area contributed by atoms with Crippen molar-refractivity contribution in [3.63, 3.8) is 0 Å². The zero-order valence-corrected chi connectivity index (χ0v) is 16.4. The number of rotatable bonds is 5. The standard InChI is InChI=1S/C21H28N4O2/c1-4-18-15-23(21(27)19-13-16(3)22-25(19)5-2)12-11-20(26)24(18)14-17-9-7-6-8-10-17/h6-10,13,18H,4-5,11-12,14-15H2,1-3H3/t18-/m1/s1. The summed E-state index contributed by atoms with van der Waals surface area (Å²) in [6.45, 7) is 8.20. The lowest BCUT2D eigenvalue weighted by Gasteiger charge is -2.31. The minimum atomic E-state index is -0.0368. The second-order valence-corrected chi connectivity index (χ2v) is 7.06. The van der Waals surface area contributed by atoms with Gasteiger partial charge in [-0.05, 0) is 31.9 Å². The lowest BCUT2D eigenvalue weighted by atomic mass is 10.1. The smallest absolute Gasteiger partial charge is 0.272 e. The van der Waals surface area contributed by atoms with Crippen LogP contribution in [0.25, 0.3) is 0 Å². The number of carbonyl (C=O) groups is 2. The van der Waals surface area contributed by atoms with Crippen LogP contribution in [0.2, 0.25) is 0 Å². The highest BCUT2D eigenvalue weighted by Gasteiger charge is 2.32. The van der Waals surface area contributed by atoms with E-state index in [0.29, 0.717) is 38.3 Å². The number of amides is 2. The fourth-order valence-corrected chi connectivity index (χ4v) is 3.67. The lowest BCUT2D eigenvalue weighted by molar-refractivity contribution is -0.133. The maximum absolute atomic E-state index is 13.1. The summed E-state index contributed by atoms with van der Waals surface area (Å²) in [6.07, 6.45) is 1.17. The molecule has 6 heteroatoms. The van der Waals surface area contributed by atoms with E-state index in [0.717, 1.165) is 17.7 Å². The van der Waals surface area contributed by atoms with Crippen molar-refractivity contribution in [3.05, 3.63) is 53.3 Å². The van der Waals surface area contributed by atoms with Crippen molar-refractivity contribution in [1.29, 1.82) is 0 Å². The first kappa shape index (κ1) is 19.1. The Hall–Kier alpha value is -2.63. The first-order chi connectivity index (χ1) is 13.0. The van der Waals surface area contributed by atoms with Gasteiger partial charge in [-0.15, -0.1) is 0 Å². The highest BCUT2D eigenvalue weighted by Crippen LogP contribution is 2.19. The van der Waals surface area contributed by atoms with E-state index in [2.05, 4.69) is 12.0 Å². The van der Waals surface area contributed by atoms with Crippen molar-refractivity contribution in [2.75, 3.05) is 13.1 Å². The molecule has 1 aromatic heterocycles. The van der Waals surface area contributed by atoms with Crippen LogP contribution in [0.4, 0.5) is 0 Å². The fourth-order valence-electron chi connectivity index (χ4n) is 3.67. The number of carbonyl (C=O) groups excluding carboxylic acids is 2. The molecule has 1 aromatic carbocycles. The number of hydrogen-bond acceptors (Lipinski definition) is 3. The maximum atomic E-state index is 13.1. The number of benzene rings is 1. The van der Waals surface area contributed by atoms with E-state index < -0.39 is 0 Å². The Morgan fingerprint density at radius 3 is 2.63 bits per heavy atom. The third-order valence-electron chi connectivity index (χ3n) is 5.16. The monoisotopic (exact) mass is 368 g/mol. The Morgan fingerprint density at radius 2 is 1.96 bits per heavy atom. The highest BCUT2D eigenvalue weighted by atomic mass is 16.2. The normalized spacial score (nSPS) is 17.9. The maximum Gasteiger partial charge on any atom is 0.272 e. The average molecular weight is 368 g/mol. The molecule has 1 aliphatic rings. The molecule has 0 N–H and O–H groups in total. The Labute approximate surface area is 160 Å². The SMILES string of the molecule is CC[C@@H]1CN(C(=O)c2cc(C)nn2CC)CCC(=O)N1Cc1ccccc1. The van der Waals surface area contributed by atoms with E-state index in [1.807, 2.05) is 60.0 Å². The van der Waals surface area contributed by atoms with Crippen LogP contribution < -0.4 is 0 Å². The van der Waals surface area contributed by atoms with E-state index >= 15 is 0 Å². The summed E-state index contributed by atoms with van der Waals surface area (Å²) in [6, 6.07) is 11.9. The number of hydrogen-bond donors (Lipinski definition) is 0. The molecular formula is C21H28N4O2. The third-order valence-corrected chi connectivity index (χ3v) is 5.16. The summed E-state index contributed by atoms with van der Waals surface area (Å²) in [5.74, 6) is 0.0754. The van der Waals surface area contributed by atoms with Gasteiger partial charge in [0.15, 0.2) is 0 Å². The molecule has 1 saturated heterocycles. The lowest BCUT2D eigenvalue weighted by Crippen LogP contribution is -2.44. The molecule has 0 unspecified atom stereocenters. The highest BCUT2D eigenvalue weighted by molar-refractivity contribution is 5.93. The Balaban J connectivity index is 1.80. The van der Waals surface area contributed by atoms with Crippen LogP contribution in [0.3, 0.4) is 0 Å². The summed E-state index contributed by atoms with van der Waals surface area (Å²) < 4.78 is 1.74. The molecule has 6 nitrogen and oxygen atoms in total. The zero-order chi connectivity index (χ0) is 19.4. The molecule has 0 aliphatic carbocycles. The summed E-state index contributed by atoms with van der Waals surface area (Å²) >= 11 is 0. The topological polar surface area (TPSA) is 58.4 Å². The van der Waals surface area contributed by atoms with Crippen molar-refractivity contribution in [2.45, 2.75) is 52.7 Å². The molecule has 144 valence electrons. The molecule has 0 bridgehead atoms. The summed E-state index contributed by atoms with van der Waals surface area (Å²) in [5, 5.41) is 4.39. The van der Waals surface area contributed by atoms with Crippen LogP contribution in [0.5, 0.6) is 0 Å². The molecule has 1 aliphatic heterocycles. The molecule has 0 radical (unpaired) electrons. The minimum absolute atomic E-state index is 0.0169. The van der Waals surface area contributed by atoms with Crippen molar-refractivity contribution in [2.24, 2.45) is 0 Å². The predicted molar refractivity (Wildman–Crippen MR) is 104 cm³/mol. The molecular weight excluding hydrogens is 340 g/mol. The van der Waals surface area contributed by atoms with Gasteiger partial charge in [0, 0.05) is 38.6 Å². The molecule has 2 aromatic rings. The van der Waals surface area contributed by atoms with E-state index in [1.165, 1.54) is 0 Å². The molecule has 27 heavy (non-hydrogen) atoms. The van der Waals surface area contributed by atoms with Crippen molar-refractivity contribution in [3.8, 4) is 0 Å². The van der Waals surface area contributed by atoms with Gasteiger partial charge in [0.1, 0.15) is 5.69 Å². The van der Waals surface area contributed by atoms with Crippen LogP contribution in [0.15, 0.2) is 36.4 Å². The first-order valence-corrected chi connectivity index (χ1v) is 9.70. The molecule has 3 rings (SSSR count). The Morgan fingerprint density at radius 1 is 1.22 bits per heavy atom. The van der Waals surface area contributed by atoms with Gasteiger partial charge in [-0.25, -0.2) is 0 Å². The second-order valence-electron chi connectivity index (χ2n) is 7.06. The van der Waals surface area contributed by atoms with Gasteiger partial charge >= 0.3 is 0 Å². The van der Waals surface area contributed by atoms with E-state index in [-0.39, 0.29) is 17.9 Å². The van der Waals surface area contributed by atoms with Gasteiger partial charge < -0.3 is 9.80 Å². The molecule has 2 heterocycles. The average Bonchev–Trinajstić information content (AvgIpc) is 2.99. The van der Waals surface area contributed by atoms with Crippen molar-refractivity contribution in [1.82, 2.24) is 19.6 Å². The molecule has 1 fully saturated rings. The van der Waals surface area contributed by atoms with Gasteiger partial charge in [0.25, 0.3) is 5.91 Å². The van der Waals surface area contributed by atoms with Gasteiger partial charge in [0.05, 0.1) is 5.69 Å².